The van der Waals surface area contributed by atoms with Crippen molar-refractivity contribution >= 4 is 22.4 Å². The molecule has 0 aromatic carbocycles. The minimum absolute atomic E-state index is 0.0733. The largest absolute Gasteiger partial charge is 0.392 e. The summed E-state index contributed by atoms with van der Waals surface area (Å²) in [6.45, 7) is 0. The van der Waals surface area contributed by atoms with Gasteiger partial charge in [-0.05, 0) is 32.7 Å². The lowest BCUT2D eigenvalue weighted by Crippen LogP contribution is -2.49. The van der Waals surface area contributed by atoms with Gasteiger partial charge < -0.3 is 5.32 Å². The summed E-state index contributed by atoms with van der Waals surface area (Å²) in [5.74, 6) is -2.02. The second-order valence-electron chi connectivity index (χ2n) is 6.86. The summed E-state index contributed by atoms with van der Waals surface area (Å²) in [5.41, 5.74) is 5.90. The van der Waals surface area contributed by atoms with E-state index >= 15 is 0 Å². The molecule has 0 saturated heterocycles. The highest BCUT2D eigenvalue weighted by atomic mass is 32.1. The molecule has 2 aliphatic carbocycles. The number of anilines is 1. The molecule has 3 rings (SSSR count). The second kappa shape index (κ2) is 7.59. The number of hydrazine groups is 1. The summed E-state index contributed by atoms with van der Waals surface area (Å²) < 4.78 is 39.8. The van der Waals surface area contributed by atoms with Crippen LogP contribution in [0.2, 0.25) is 0 Å². The van der Waals surface area contributed by atoms with E-state index in [0.717, 1.165) is 19.3 Å². The topological polar surface area (TPSA) is 66.0 Å². The van der Waals surface area contributed by atoms with Crippen molar-refractivity contribution in [1.82, 2.24) is 15.8 Å². The molecular weight excluding hydrogens is 353 g/mol. The third-order valence-electron chi connectivity index (χ3n) is 5.16. The van der Waals surface area contributed by atoms with Crippen LogP contribution in [0.3, 0.4) is 0 Å². The third kappa shape index (κ3) is 4.32. The van der Waals surface area contributed by atoms with E-state index in [2.05, 4.69) is 21.2 Å². The maximum atomic E-state index is 13.3. The molecule has 0 spiro atoms. The summed E-state index contributed by atoms with van der Waals surface area (Å²) in [5, 5.41) is 3.16. The summed E-state index contributed by atoms with van der Waals surface area (Å²) in [7, 11) is 1.78. The second-order valence-corrected chi connectivity index (χ2v) is 7.92. The number of carbonyl (C=O) groups excluding carboxylic acids is 1. The molecule has 0 bridgehead atoms. The lowest BCUT2D eigenvalue weighted by Gasteiger charge is -2.34. The molecule has 0 unspecified atom stereocenters. The zero-order chi connectivity index (χ0) is 18.0. The number of nitrogens with zero attached hydrogens (tertiary/aromatic N) is 1. The first-order valence-corrected chi connectivity index (χ1v) is 9.45. The summed E-state index contributed by atoms with van der Waals surface area (Å²) in [6.07, 6.45) is 0.926. The van der Waals surface area contributed by atoms with Crippen molar-refractivity contribution in [2.45, 2.75) is 56.7 Å². The number of carbonyl (C=O) groups is 1. The first-order valence-electron chi connectivity index (χ1n) is 8.64. The lowest BCUT2D eigenvalue weighted by atomic mass is 9.78. The number of hydrogen-bond donors (Lipinski definition) is 3. The van der Waals surface area contributed by atoms with Crippen LogP contribution >= 0.6 is 11.3 Å². The van der Waals surface area contributed by atoms with Gasteiger partial charge >= 0.3 is 6.18 Å². The summed E-state index contributed by atoms with van der Waals surface area (Å²) in [6, 6.07) is 0.280. The average molecular weight is 376 g/mol. The summed E-state index contributed by atoms with van der Waals surface area (Å²) in [4.78, 5) is 16.9. The fraction of sp³-hybridized carbons (Fsp3) is 0.750. The van der Waals surface area contributed by atoms with Crippen molar-refractivity contribution in [3.8, 4) is 0 Å². The molecule has 25 heavy (non-hydrogen) atoms. The van der Waals surface area contributed by atoms with Crippen molar-refractivity contribution in [1.29, 1.82) is 0 Å². The number of thiazole rings is 1. The molecule has 0 aliphatic heterocycles. The van der Waals surface area contributed by atoms with Crippen LogP contribution < -0.4 is 16.2 Å². The zero-order valence-electron chi connectivity index (χ0n) is 14.0. The third-order valence-corrected chi connectivity index (χ3v) is 6.21. The van der Waals surface area contributed by atoms with E-state index in [9.17, 15) is 18.0 Å². The first kappa shape index (κ1) is 18.6. The van der Waals surface area contributed by atoms with Gasteiger partial charge in [0.05, 0.1) is 5.92 Å². The number of halogens is 3. The molecule has 3 N–H and O–H groups in total. The molecule has 1 aromatic rings. The SMILES string of the molecule is CNNC1CC(C(=O)Nc2ncc([C@@H]3CCCC[C@@H]3C(F)(F)F)s2)C1. The fourth-order valence-corrected chi connectivity index (χ4v) is 4.76. The number of alkyl halides is 3. The number of aromatic nitrogens is 1. The molecule has 2 fully saturated rings. The Balaban J connectivity index is 1.59. The van der Waals surface area contributed by atoms with E-state index in [1.165, 1.54) is 17.5 Å². The van der Waals surface area contributed by atoms with Gasteiger partial charge in [0.2, 0.25) is 5.91 Å². The van der Waals surface area contributed by atoms with Crippen LogP contribution in [0.1, 0.15) is 49.3 Å². The number of rotatable bonds is 5. The molecule has 0 radical (unpaired) electrons. The Bertz CT molecular complexity index is 600. The van der Waals surface area contributed by atoms with E-state index in [0.29, 0.717) is 22.9 Å². The van der Waals surface area contributed by atoms with Gasteiger partial charge in [-0.15, -0.1) is 11.3 Å². The van der Waals surface area contributed by atoms with Gasteiger partial charge in [-0.3, -0.25) is 15.6 Å². The maximum absolute atomic E-state index is 13.3. The molecule has 2 atom stereocenters. The molecule has 2 aliphatic rings. The van der Waals surface area contributed by atoms with E-state index in [1.54, 1.807) is 7.05 Å². The van der Waals surface area contributed by atoms with Crippen LogP contribution in [0.15, 0.2) is 6.20 Å². The Hall–Kier alpha value is -1.19. The van der Waals surface area contributed by atoms with E-state index in [1.807, 2.05) is 0 Å². The van der Waals surface area contributed by atoms with Gasteiger partial charge in [0, 0.05) is 29.0 Å². The monoisotopic (exact) mass is 376 g/mol. The van der Waals surface area contributed by atoms with Crippen LogP contribution in [-0.4, -0.2) is 30.2 Å². The molecule has 5 nitrogen and oxygen atoms in total. The predicted octanol–water partition coefficient (Wildman–Crippen LogP) is 3.42. The Morgan fingerprint density at radius 1 is 1.28 bits per heavy atom. The van der Waals surface area contributed by atoms with Gasteiger partial charge in [0.15, 0.2) is 5.13 Å². The van der Waals surface area contributed by atoms with Crippen LogP contribution in [-0.2, 0) is 4.79 Å². The van der Waals surface area contributed by atoms with Crippen molar-refractivity contribution in [3.63, 3.8) is 0 Å². The van der Waals surface area contributed by atoms with Gasteiger partial charge in [-0.25, -0.2) is 4.98 Å². The van der Waals surface area contributed by atoms with Crippen molar-refractivity contribution in [2.75, 3.05) is 12.4 Å². The standard InChI is InChI=1S/C16H23F3N4OS/c1-20-23-10-6-9(7-10)14(24)22-15-21-8-13(25-15)11-4-2-3-5-12(11)16(17,18)19/h8-12,20,23H,2-7H2,1H3,(H,21,22,24)/t9?,10?,11-,12+/m1/s1. The zero-order valence-corrected chi connectivity index (χ0v) is 14.8. The number of nitrogens with one attached hydrogen (secondary N) is 3. The van der Waals surface area contributed by atoms with Crippen LogP contribution in [0.5, 0.6) is 0 Å². The smallest absolute Gasteiger partial charge is 0.302 e. The fourth-order valence-electron chi connectivity index (χ4n) is 3.74. The lowest BCUT2D eigenvalue weighted by molar-refractivity contribution is -0.187. The highest BCUT2D eigenvalue weighted by Gasteiger charge is 2.46. The van der Waals surface area contributed by atoms with E-state index < -0.39 is 18.0 Å². The van der Waals surface area contributed by atoms with Gasteiger partial charge in [0.25, 0.3) is 0 Å². The minimum atomic E-state index is -4.18. The first-order chi connectivity index (χ1) is 11.9. The highest BCUT2D eigenvalue weighted by molar-refractivity contribution is 7.15. The Morgan fingerprint density at radius 2 is 2.00 bits per heavy atom. The predicted molar refractivity (Wildman–Crippen MR) is 90.2 cm³/mol. The Labute approximate surface area is 148 Å². The van der Waals surface area contributed by atoms with Crippen molar-refractivity contribution in [2.24, 2.45) is 11.8 Å². The van der Waals surface area contributed by atoms with Crippen LogP contribution in [0.25, 0.3) is 0 Å². The molecule has 9 heteroatoms. The van der Waals surface area contributed by atoms with E-state index in [-0.39, 0.29) is 24.3 Å². The van der Waals surface area contributed by atoms with Gasteiger partial charge in [-0.2, -0.15) is 13.2 Å². The molecule has 1 heterocycles. The molecule has 2 saturated carbocycles. The summed E-state index contributed by atoms with van der Waals surface area (Å²) >= 11 is 1.18. The van der Waals surface area contributed by atoms with Crippen molar-refractivity contribution < 1.29 is 18.0 Å². The number of amides is 1. The minimum Gasteiger partial charge on any atom is -0.302 e. The molecule has 1 amide bonds. The van der Waals surface area contributed by atoms with Gasteiger partial charge in [0.1, 0.15) is 0 Å². The molecular formula is C16H23F3N4OS. The Morgan fingerprint density at radius 3 is 2.68 bits per heavy atom. The molecule has 1 aromatic heterocycles. The van der Waals surface area contributed by atoms with Crippen LogP contribution in [0.4, 0.5) is 18.3 Å². The van der Waals surface area contributed by atoms with Crippen molar-refractivity contribution in [3.05, 3.63) is 11.1 Å². The average Bonchev–Trinajstić information content (AvgIpc) is 2.98. The van der Waals surface area contributed by atoms with E-state index in [4.69, 9.17) is 0 Å². The highest BCUT2D eigenvalue weighted by Crippen LogP contribution is 2.48. The Kier molecular flexibility index (Phi) is 5.65. The maximum Gasteiger partial charge on any atom is 0.392 e. The van der Waals surface area contributed by atoms with Crippen LogP contribution in [0, 0.1) is 11.8 Å². The van der Waals surface area contributed by atoms with Gasteiger partial charge in [-0.1, -0.05) is 12.8 Å². The molecule has 140 valence electrons. The number of hydrogen-bond acceptors (Lipinski definition) is 5. The normalized spacial score (nSPS) is 29.9. The quantitative estimate of drug-likeness (QED) is 0.689.